The first-order valence-electron chi connectivity index (χ1n) is 13.3. The number of carboxylic acid groups (broad SMARTS) is 1. The molecule has 0 aliphatic carbocycles. The number of carboxylic acids is 1. The number of nitrogens with one attached hydrogen (secondary N) is 2. The maximum absolute atomic E-state index is 12.2. The van der Waals surface area contributed by atoms with E-state index in [1.165, 1.54) is 12.4 Å². The zero-order chi connectivity index (χ0) is 29.5. The summed E-state index contributed by atoms with van der Waals surface area (Å²) in [4.78, 5) is 32.1. The molecular formula is C29H28BrN9O3. The molecule has 0 atom stereocenters. The Labute approximate surface area is 249 Å². The highest BCUT2D eigenvalue weighted by Gasteiger charge is 2.26. The first-order valence-corrected chi connectivity index (χ1v) is 14.1. The third kappa shape index (κ3) is 4.85. The fraction of sp³-hybridized carbons (Fsp3) is 0.241. The van der Waals surface area contributed by atoms with E-state index in [0.717, 1.165) is 35.5 Å². The number of hydrogen-bond acceptors (Lipinski definition) is 10. The first-order chi connectivity index (χ1) is 20.2. The lowest BCUT2D eigenvalue weighted by molar-refractivity contribution is 0.0700. The Bertz CT molecular complexity index is 1840. The van der Waals surface area contributed by atoms with E-state index in [1.54, 1.807) is 25.4 Å². The number of methoxy groups -OCH3 is 1. The van der Waals surface area contributed by atoms with Crippen LogP contribution in [0.4, 0.5) is 28.8 Å². The maximum Gasteiger partial charge on any atom is 0.340 e. The molecule has 0 radical (unpaired) electrons. The van der Waals surface area contributed by atoms with Crippen LogP contribution in [0.3, 0.4) is 0 Å². The summed E-state index contributed by atoms with van der Waals surface area (Å²) in [6.07, 6.45) is 7.35. The van der Waals surface area contributed by atoms with Crippen LogP contribution in [-0.2, 0) is 13.5 Å². The number of hydrogen-bond donors (Lipinski definition) is 3. The number of fused-ring (bicyclic) bond motifs is 4. The average molecular weight is 631 g/mol. The standard InChI is InChI=1S/C29H28BrN9O3/c1-15(2)39-10-7-22-17(13-34-38(22)3)16-11-21(24(42-4)12-23(16)39)36-29-33-14-18(30)27(37-29)35-19-5-6-20-26(25(19)28(40)41)32-9-8-31-20/h5-6,8-9,11-15H,7,10H2,1-4H3,(H,40,41)(H2,33,35,36,37). The Morgan fingerprint density at radius 3 is 2.64 bits per heavy atom. The Balaban J connectivity index is 1.40. The molecule has 5 aromatic rings. The van der Waals surface area contributed by atoms with Gasteiger partial charge in [-0.05, 0) is 48.0 Å². The fourth-order valence-corrected chi connectivity index (χ4v) is 5.57. The van der Waals surface area contributed by atoms with Gasteiger partial charge >= 0.3 is 5.97 Å². The molecular weight excluding hydrogens is 602 g/mol. The van der Waals surface area contributed by atoms with Gasteiger partial charge in [0.15, 0.2) is 0 Å². The normalized spacial score (nSPS) is 12.6. The van der Waals surface area contributed by atoms with E-state index < -0.39 is 5.97 Å². The van der Waals surface area contributed by atoms with Gasteiger partial charge in [0.25, 0.3) is 0 Å². The molecule has 0 fully saturated rings. The number of aromatic carboxylic acids is 1. The number of benzene rings is 2. The van der Waals surface area contributed by atoms with E-state index in [1.807, 2.05) is 30.1 Å². The summed E-state index contributed by atoms with van der Waals surface area (Å²) in [6.45, 7) is 5.22. The van der Waals surface area contributed by atoms with E-state index >= 15 is 0 Å². The number of aryl methyl sites for hydroxylation is 1. The van der Waals surface area contributed by atoms with Crippen molar-refractivity contribution in [3.05, 3.63) is 64.8 Å². The lowest BCUT2D eigenvalue weighted by Crippen LogP contribution is -2.32. The maximum atomic E-state index is 12.2. The van der Waals surface area contributed by atoms with Gasteiger partial charge in [-0.25, -0.2) is 9.78 Å². The molecule has 3 N–H and O–H groups in total. The first kappa shape index (κ1) is 27.4. The molecule has 0 saturated heterocycles. The molecule has 0 saturated carbocycles. The monoisotopic (exact) mass is 629 g/mol. The number of nitrogens with zero attached hydrogens (tertiary/aromatic N) is 7. The molecule has 214 valence electrons. The molecule has 12 nitrogen and oxygen atoms in total. The Morgan fingerprint density at radius 2 is 1.88 bits per heavy atom. The minimum Gasteiger partial charge on any atom is -0.494 e. The Hall–Kier alpha value is -4.78. The zero-order valence-electron chi connectivity index (χ0n) is 23.4. The molecule has 13 heteroatoms. The van der Waals surface area contributed by atoms with Crippen molar-refractivity contribution in [2.45, 2.75) is 26.3 Å². The molecule has 1 aliphatic rings. The van der Waals surface area contributed by atoms with Crippen LogP contribution < -0.4 is 20.3 Å². The van der Waals surface area contributed by atoms with Crippen molar-refractivity contribution < 1.29 is 14.6 Å². The largest absolute Gasteiger partial charge is 0.494 e. The molecule has 1 aliphatic heterocycles. The smallest absolute Gasteiger partial charge is 0.340 e. The topological polar surface area (TPSA) is 143 Å². The van der Waals surface area contributed by atoms with Gasteiger partial charge in [0.2, 0.25) is 5.95 Å². The van der Waals surface area contributed by atoms with Crippen LogP contribution in [0.2, 0.25) is 0 Å². The molecule has 0 spiro atoms. The summed E-state index contributed by atoms with van der Waals surface area (Å²) >= 11 is 3.48. The van der Waals surface area contributed by atoms with Crippen molar-refractivity contribution in [1.82, 2.24) is 29.7 Å². The van der Waals surface area contributed by atoms with Gasteiger partial charge in [0.1, 0.15) is 22.6 Å². The number of halogens is 1. The Morgan fingerprint density at radius 1 is 1.07 bits per heavy atom. The zero-order valence-corrected chi connectivity index (χ0v) is 25.0. The molecule has 0 unspecified atom stereocenters. The minimum atomic E-state index is -1.13. The lowest BCUT2D eigenvalue weighted by Gasteiger charge is -2.30. The van der Waals surface area contributed by atoms with Crippen molar-refractivity contribution >= 4 is 61.8 Å². The van der Waals surface area contributed by atoms with Crippen molar-refractivity contribution in [3.63, 3.8) is 0 Å². The van der Waals surface area contributed by atoms with Crippen LogP contribution in [-0.4, -0.2) is 60.5 Å². The number of anilines is 5. The second kappa shape index (κ2) is 10.9. The SMILES string of the molecule is COc1cc2c(cc1Nc1ncc(Br)c(Nc3ccc4nccnc4c3C(=O)O)n1)-c1cnn(C)c1CCN2C(C)C. The van der Waals surface area contributed by atoms with Gasteiger partial charge < -0.3 is 25.4 Å². The fourth-order valence-electron chi connectivity index (χ4n) is 5.28. The van der Waals surface area contributed by atoms with Gasteiger partial charge in [-0.3, -0.25) is 14.6 Å². The molecule has 6 rings (SSSR count). The van der Waals surface area contributed by atoms with Crippen LogP contribution in [0, 0.1) is 0 Å². The number of carbonyl (C=O) groups is 1. The predicted molar refractivity (Wildman–Crippen MR) is 164 cm³/mol. The molecule has 0 bridgehead atoms. The summed E-state index contributed by atoms with van der Waals surface area (Å²) in [5.74, 6) is 0.158. The molecule has 4 heterocycles. The summed E-state index contributed by atoms with van der Waals surface area (Å²) in [6, 6.07) is 7.71. The van der Waals surface area contributed by atoms with Gasteiger partial charge in [0, 0.05) is 73.2 Å². The second-order valence-electron chi connectivity index (χ2n) is 10.1. The van der Waals surface area contributed by atoms with Crippen LogP contribution >= 0.6 is 15.9 Å². The van der Waals surface area contributed by atoms with E-state index in [4.69, 9.17) is 4.74 Å². The third-order valence-corrected chi connectivity index (χ3v) is 7.87. The molecule has 3 aromatic heterocycles. The van der Waals surface area contributed by atoms with E-state index in [-0.39, 0.29) is 23.1 Å². The molecule has 0 amide bonds. The van der Waals surface area contributed by atoms with Crippen molar-refractivity contribution in [2.24, 2.45) is 7.05 Å². The summed E-state index contributed by atoms with van der Waals surface area (Å²) in [7, 11) is 3.60. The van der Waals surface area contributed by atoms with Crippen LogP contribution in [0.5, 0.6) is 5.75 Å². The number of aromatic nitrogens is 6. The molecule has 2 aromatic carbocycles. The number of rotatable bonds is 7. The third-order valence-electron chi connectivity index (χ3n) is 7.29. The van der Waals surface area contributed by atoms with Gasteiger partial charge in [-0.1, -0.05) is 0 Å². The highest BCUT2D eigenvalue weighted by Crippen LogP contribution is 2.43. The highest BCUT2D eigenvalue weighted by molar-refractivity contribution is 9.10. The predicted octanol–water partition coefficient (Wildman–Crippen LogP) is 5.55. The van der Waals surface area contributed by atoms with Crippen LogP contribution in [0.1, 0.15) is 29.9 Å². The summed E-state index contributed by atoms with van der Waals surface area (Å²) in [5, 5.41) is 20.9. The highest BCUT2D eigenvalue weighted by atomic mass is 79.9. The molecule has 42 heavy (non-hydrogen) atoms. The second-order valence-corrected chi connectivity index (χ2v) is 10.9. The van der Waals surface area contributed by atoms with Crippen LogP contribution in [0.25, 0.3) is 22.2 Å². The van der Waals surface area contributed by atoms with E-state index in [0.29, 0.717) is 32.9 Å². The average Bonchev–Trinajstić information content (AvgIpc) is 3.25. The van der Waals surface area contributed by atoms with Crippen molar-refractivity contribution in [3.8, 4) is 16.9 Å². The van der Waals surface area contributed by atoms with Crippen LogP contribution in [0.15, 0.2) is 53.5 Å². The summed E-state index contributed by atoms with van der Waals surface area (Å²) in [5.41, 5.74) is 6.09. The number of ether oxygens (including phenoxy) is 1. The minimum absolute atomic E-state index is 0.00461. The quantitative estimate of drug-likeness (QED) is 0.208. The summed E-state index contributed by atoms with van der Waals surface area (Å²) < 4.78 is 8.29. The van der Waals surface area contributed by atoms with E-state index in [9.17, 15) is 9.90 Å². The van der Waals surface area contributed by atoms with Crippen molar-refractivity contribution in [2.75, 3.05) is 29.2 Å². The van der Waals surface area contributed by atoms with Gasteiger partial charge in [-0.15, -0.1) is 0 Å². The van der Waals surface area contributed by atoms with Gasteiger partial charge in [-0.2, -0.15) is 10.1 Å². The van der Waals surface area contributed by atoms with Gasteiger partial charge in [0.05, 0.1) is 34.7 Å². The van der Waals surface area contributed by atoms with Crippen molar-refractivity contribution in [1.29, 1.82) is 0 Å². The lowest BCUT2D eigenvalue weighted by atomic mass is 10.0. The van der Waals surface area contributed by atoms with E-state index in [2.05, 4.69) is 70.3 Å². The Kier molecular flexibility index (Phi) is 7.11.